The molecule has 3 aromatic rings. The number of morpholine rings is 1. The first-order chi connectivity index (χ1) is 31.7. The minimum atomic E-state index is -2.09. The minimum absolute atomic E-state index is 0.0261. The summed E-state index contributed by atoms with van der Waals surface area (Å²) in [5.41, 5.74) is -0.341. The lowest BCUT2D eigenvalue weighted by Gasteiger charge is -2.41. The zero-order chi connectivity index (χ0) is 48.0. The molecule has 0 aromatic heterocycles. The first kappa shape index (κ1) is 52.6. The molecule has 17 nitrogen and oxygen atoms in total. The van der Waals surface area contributed by atoms with E-state index in [9.17, 15) is 24.0 Å². The van der Waals surface area contributed by atoms with Crippen LogP contribution in [0.2, 0.25) is 0 Å². The summed E-state index contributed by atoms with van der Waals surface area (Å²) in [6.45, 7) is 7.19. The third-order valence-electron chi connectivity index (χ3n) is 10.8. The minimum Gasteiger partial charge on any atom is -0.497 e. The largest absolute Gasteiger partial charge is 0.497 e. The lowest BCUT2D eigenvalue weighted by molar-refractivity contribution is -0.153. The van der Waals surface area contributed by atoms with Gasteiger partial charge < -0.3 is 49.3 Å². The molecule has 1 saturated heterocycles. The third-order valence-corrected chi connectivity index (χ3v) is 10.8. The van der Waals surface area contributed by atoms with E-state index >= 15 is 4.79 Å². The highest BCUT2D eigenvalue weighted by atomic mass is 16.6. The second kappa shape index (κ2) is 26.8. The van der Waals surface area contributed by atoms with Gasteiger partial charge in [-0.25, -0.2) is 14.4 Å². The van der Waals surface area contributed by atoms with Gasteiger partial charge in [-0.1, -0.05) is 86.5 Å². The van der Waals surface area contributed by atoms with Crippen LogP contribution in [0.4, 0.5) is 9.59 Å². The van der Waals surface area contributed by atoms with Crippen molar-refractivity contribution in [3.63, 3.8) is 0 Å². The number of rotatable bonds is 24. The highest BCUT2D eigenvalue weighted by Gasteiger charge is 2.49. The molecule has 3 atom stereocenters. The maximum atomic E-state index is 15.8. The first-order valence-electron chi connectivity index (χ1n) is 22.4. The van der Waals surface area contributed by atoms with Crippen LogP contribution in [0, 0.1) is 5.92 Å². The highest BCUT2D eigenvalue weighted by molar-refractivity contribution is 6.01. The Hall–Kier alpha value is -6.04. The average Bonchev–Trinajstić information content (AvgIpc) is 3.30. The van der Waals surface area contributed by atoms with Crippen molar-refractivity contribution < 1.29 is 57.2 Å². The topological polar surface area (TPSA) is 209 Å². The molecule has 1 aliphatic heterocycles. The number of methoxy groups -OCH3 is 2. The van der Waals surface area contributed by atoms with Gasteiger partial charge in [0.05, 0.1) is 40.1 Å². The number of nitrogens with zero attached hydrogens (tertiary/aromatic N) is 1. The van der Waals surface area contributed by atoms with Gasteiger partial charge in [0.15, 0.2) is 0 Å². The number of hydrogen-bond donors (Lipinski definition) is 4. The molecule has 0 spiro atoms. The maximum Gasteiger partial charge on any atom is 0.407 e. The monoisotopic (exact) mass is 917 g/mol. The molecule has 3 aromatic carbocycles. The molecule has 0 saturated carbocycles. The van der Waals surface area contributed by atoms with Crippen LogP contribution < -0.4 is 26.0 Å². The predicted octanol–water partition coefficient (Wildman–Crippen LogP) is 4.98. The number of imide groups is 1. The second-order valence-electron chi connectivity index (χ2n) is 17.0. The molecule has 0 aliphatic carbocycles. The number of benzene rings is 3. The lowest BCUT2D eigenvalue weighted by Crippen LogP contribution is -2.69. The van der Waals surface area contributed by atoms with Crippen LogP contribution in [0.25, 0.3) is 11.1 Å². The van der Waals surface area contributed by atoms with Gasteiger partial charge in [0.1, 0.15) is 29.5 Å². The normalized spacial score (nSPS) is 14.4. The molecule has 4 rings (SSSR count). The molecule has 6 amide bonds. The predicted molar refractivity (Wildman–Crippen MR) is 247 cm³/mol. The highest BCUT2D eigenvalue weighted by Crippen LogP contribution is 2.34. The number of amides is 6. The summed E-state index contributed by atoms with van der Waals surface area (Å²) in [4.78, 5) is 86.1. The zero-order valence-electron chi connectivity index (χ0n) is 39.1. The van der Waals surface area contributed by atoms with Crippen molar-refractivity contribution >= 4 is 35.8 Å². The van der Waals surface area contributed by atoms with Gasteiger partial charge in [0.25, 0.3) is 5.91 Å². The summed E-state index contributed by atoms with van der Waals surface area (Å²) in [6, 6.07) is 21.6. The van der Waals surface area contributed by atoms with E-state index in [2.05, 4.69) is 21.3 Å². The van der Waals surface area contributed by atoms with Gasteiger partial charge in [-0.2, -0.15) is 0 Å². The summed E-state index contributed by atoms with van der Waals surface area (Å²) in [7, 11) is 3.03. The van der Waals surface area contributed by atoms with E-state index in [-0.39, 0.29) is 52.1 Å². The summed E-state index contributed by atoms with van der Waals surface area (Å²) >= 11 is 0. The number of ether oxygens (including phenoxy) is 6. The number of carbonyl (C=O) groups is 6. The molecule has 1 aliphatic rings. The van der Waals surface area contributed by atoms with Crippen molar-refractivity contribution in [1.82, 2.24) is 26.2 Å². The van der Waals surface area contributed by atoms with Crippen molar-refractivity contribution in [2.75, 3.05) is 73.5 Å². The quantitative estimate of drug-likeness (QED) is 0.0693. The van der Waals surface area contributed by atoms with E-state index in [1.165, 1.54) is 19.1 Å². The second-order valence-corrected chi connectivity index (χ2v) is 17.0. The number of unbranched alkanes of at least 4 members (excludes halogenated alkanes) is 2. The van der Waals surface area contributed by atoms with Gasteiger partial charge in [-0.15, -0.1) is 0 Å². The van der Waals surface area contributed by atoms with Crippen LogP contribution in [-0.4, -0.2) is 131 Å². The Morgan fingerprint density at radius 2 is 1.56 bits per heavy atom. The summed E-state index contributed by atoms with van der Waals surface area (Å²) in [6.07, 6.45) is 0.929. The van der Waals surface area contributed by atoms with Crippen LogP contribution in [0.5, 0.6) is 5.75 Å². The van der Waals surface area contributed by atoms with E-state index in [1.54, 1.807) is 57.2 Å². The molecule has 4 N–H and O–H groups in total. The number of esters is 1. The van der Waals surface area contributed by atoms with E-state index in [0.29, 0.717) is 42.1 Å². The van der Waals surface area contributed by atoms with Crippen molar-refractivity contribution in [3.05, 3.63) is 90.0 Å². The molecule has 1 fully saturated rings. The number of alkyl carbamates (subject to hydrolysis) is 1. The smallest absolute Gasteiger partial charge is 0.407 e. The van der Waals surface area contributed by atoms with Gasteiger partial charge in [0.2, 0.25) is 11.8 Å². The van der Waals surface area contributed by atoms with Crippen LogP contribution in [0.15, 0.2) is 78.9 Å². The molecule has 66 heavy (non-hydrogen) atoms. The Kier molecular flexibility index (Phi) is 21.4. The zero-order valence-corrected chi connectivity index (χ0v) is 39.1. The van der Waals surface area contributed by atoms with Gasteiger partial charge in [-0.3, -0.25) is 19.7 Å². The molecule has 0 bridgehead atoms. The SMILES string of the molecule is CCCCCC(=O)NC(Cc1ccc(OC)cc1-c1ccccc1)(C(=O)NC(Cc1ccccc1)C(=O)NC(=O)N1CCOCC1)C(CNC(=O)OC(C)(C)C)COC(=O)COCCOC. The standard InChI is InChI=1S/C49H67N5O12/c1-7-8-11-20-42(55)53-49(31-37-21-22-39(62-6)30-40(37)36-18-14-10-15-19-36,38(32-50-47(60)66-48(2,3)4)33-65-43(56)34-64-28-27-61-5)45(58)51-41(29-35-16-12-9-13-17-35)44(57)52-46(59)54-23-25-63-26-24-54/h9-10,12-19,21-22,30,38,41H,7-8,11,20,23-29,31-34H2,1-6H3,(H,50,60)(H,51,58)(H,53,55)(H,52,57,59). The molecule has 0 radical (unpaired) electrons. The lowest BCUT2D eigenvalue weighted by atomic mass is 9.76. The molecule has 17 heteroatoms. The van der Waals surface area contributed by atoms with Gasteiger partial charge >= 0.3 is 18.1 Å². The van der Waals surface area contributed by atoms with Crippen LogP contribution in [0.3, 0.4) is 0 Å². The first-order valence-corrected chi connectivity index (χ1v) is 22.4. The molecule has 3 unspecified atom stereocenters. The summed E-state index contributed by atoms with van der Waals surface area (Å²) < 4.78 is 32.9. The van der Waals surface area contributed by atoms with Gasteiger partial charge in [-0.05, 0) is 61.6 Å². The Balaban J connectivity index is 1.93. The molecular formula is C49H67N5O12. The van der Waals surface area contributed by atoms with Crippen molar-refractivity contribution in [2.45, 2.75) is 83.4 Å². The Morgan fingerprint density at radius 1 is 0.864 bits per heavy atom. The fourth-order valence-corrected chi connectivity index (χ4v) is 7.30. The van der Waals surface area contributed by atoms with Crippen molar-refractivity contribution in [1.29, 1.82) is 0 Å². The van der Waals surface area contributed by atoms with E-state index < -0.39 is 72.1 Å². The van der Waals surface area contributed by atoms with Crippen LogP contribution >= 0.6 is 0 Å². The van der Waals surface area contributed by atoms with Gasteiger partial charge in [0, 0.05) is 51.9 Å². The van der Waals surface area contributed by atoms with Crippen LogP contribution in [0.1, 0.15) is 64.5 Å². The molecule has 1 heterocycles. The van der Waals surface area contributed by atoms with E-state index in [1.807, 2.05) is 49.4 Å². The summed E-state index contributed by atoms with van der Waals surface area (Å²) in [5, 5.41) is 11.2. The fourth-order valence-electron chi connectivity index (χ4n) is 7.30. The van der Waals surface area contributed by atoms with E-state index in [4.69, 9.17) is 28.4 Å². The average molecular weight is 918 g/mol. The maximum absolute atomic E-state index is 15.8. The Labute approximate surface area is 387 Å². The fraction of sp³-hybridized carbons (Fsp3) is 0.510. The Bertz CT molecular complexity index is 2020. The third kappa shape index (κ3) is 17.1. The number of urea groups is 1. The van der Waals surface area contributed by atoms with Crippen LogP contribution in [-0.2, 0) is 55.7 Å². The van der Waals surface area contributed by atoms with Crippen molar-refractivity contribution in [3.8, 4) is 16.9 Å². The molecular weight excluding hydrogens is 851 g/mol. The summed E-state index contributed by atoms with van der Waals surface area (Å²) in [5.74, 6) is -3.65. The Morgan fingerprint density at radius 3 is 2.21 bits per heavy atom. The van der Waals surface area contributed by atoms with E-state index in [0.717, 1.165) is 18.4 Å². The number of hydrogen-bond acceptors (Lipinski definition) is 12. The molecule has 360 valence electrons. The number of nitrogens with one attached hydrogen (secondary N) is 4. The van der Waals surface area contributed by atoms with Crippen molar-refractivity contribution in [2.24, 2.45) is 5.92 Å². The number of carbonyl (C=O) groups excluding carboxylic acids is 6.